The number of phosphoric acid groups is 1. The standard InChI is InChI=1S/C23H30N7O9P/c1-12(31)27-15(8-13-4-6-14(32)7-5-13)22(34)28-17-16(9-38-40(35,36)37)39-23(19(17)33)30-11-26-18-20(29(2)3)24-10-25-21(18)30/h4-7,10-11,15-17,19,23,32-33H,8-9H2,1-3H3,(H,27,31)(H,28,34)(H2,35,36,37). The highest BCUT2D eigenvalue weighted by Crippen LogP contribution is 2.39. The van der Waals surface area contributed by atoms with Gasteiger partial charge in [-0.3, -0.25) is 18.7 Å². The highest BCUT2D eigenvalue weighted by Gasteiger charge is 2.47. The lowest BCUT2D eigenvalue weighted by Gasteiger charge is -2.25. The topological polar surface area (TPSA) is 221 Å². The minimum atomic E-state index is -4.92. The molecule has 1 aromatic carbocycles. The van der Waals surface area contributed by atoms with E-state index in [1.165, 1.54) is 36.3 Å². The first-order chi connectivity index (χ1) is 18.8. The fraction of sp³-hybridized carbons (Fsp3) is 0.435. The summed E-state index contributed by atoms with van der Waals surface area (Å²) < 4.78 is 23.4. The van der Waals surface area contributed by atoms with Gasteiger partial charge in [0, 0.05) is 27.4 Å². The van der Waals surface area contributed by atoms with Gasteiger partial charge in [-0.05, 0) is 17.7 Å². The summed E-state index contributed by atoms with van der Waals surface area (Å²) in [7, 11) is -1.38. The minimum absolute atomic E-state index is 0.0319. The van der Waals surface area contributed by atoms with Crippen molar-refractivity contribution in [1.29, 1.82) is 0 Å². The number of hydrogen-bond donors (Lipinski definition) is 6. The maximum absolute atomic E-state index is 13.3. The number of carbonyl (C=O) groups excluding carboxylic acids is 2. The van der Waals surface area contributed by atoms with E-state index in [4.69, 9.17) is 4.74 Å². The second-order valence-electron chi connectivity index (χ2n) is 9.42. The van der Waals surface area contributed by atoms with E-state index in [0.717, 1.165) is 0 Å². The van der Waals surface area contributed by atoms with Crippen LogP contribution in [0.3, 0.4) is 0 Å². The molecule has 2 aromatic heterocycles. The third kappa shape index (κ3) is 6.72. The van der Waals surface area contributed by atoms with Gasteiger partial charge in [-0.15, -0.1) is 0 Å². The number of nitrogens with zero attached hydrogens (tertiary/aromatic N) is 5. The van der Waals surface area contributed by atoms with E-state index < -0.39 is 56.8 Å². The van der Waals surface area contributed by atoms with Crippen molar-refractivity contribution in [2.24, 2.45) is 0 Å². The number of aliphatic hydroxyl groups excluding tert-OH is 1. The molecule has 0 aliphatic carbocycles. The molecule has 1 saturated heterocycles. The SMILES string of the molecule is CC(=O)NC(Cc1ccc(O)cc1)C(=O)NC1C(COP(=O)(O)O)OC(n2cnc3c(N(C)C)ncnc32)C1O. The van der Waals surface area contributed by atoms with Crippen LogP contribution in [0, 0.1) is 0 Å². The van der Waals surface area contributed by atoms with E-state index >= 15 is 0 Å². The van der Waals surface area contributed by atoms with Crippen LogP contribution in [-0.2, 0) is 29.8 Å². The van der Waals surface area contributed by atoms with Crippen molar-refractivity contribution in [3.63, 3.8) is 0 Å². The predicted octanol–water partition coefficient (Wildman–Crippen LogP) is -0.802. The summed E-state index contributed by atoms with van der Waals surface area (Å²) in [5.74, 6) is -0.632. The highest BCUT2D eigenvalue weighted by atomic mass is 31.2. The molecule has 17 heteroatoms. The number of amides is 2. The Morgan fingerprint density at radius 2 is 1.90 bits per heavy atom. The first-order valence-corrected chi connectivity index (χ1v) is 13.6. The van der Waals surface area contributed by atoms with Crippen molar-refractivity contribution in [1.82, 2.24) is 30.2 Å². The number of imidazole rings is 1. The number of hydrogen-bond acceptors (Lipinski definition) is 11. The van der Waals surface area contributed by atoms with Gasteiger partial charge in [-0.1, -0.05) is 12.1 Å². The number of rotatable bonds is 10. The number of aromatic nitrogens is 4. The number of aromatic hydroxyl groups is 1. The van der Waals surface area contributed by atoms with E-state index in [0.29, 0.717) is 22.5 Å². The largest absolute Gasteiger partial charge is 0.508 e. The van der Waals surface area contributed by atoms with Crippen molar-refractivity contribution < 1.29 is 43.4 Å². The fourth-order valence-corrected chi connectivity index (χ4v) is 4.74. The van der Waals surface area contributed by atoms with Gasteiger partial charge in [0.15, 0.2) is 23.2 Å². The van der Waals surface area contributed by atoms with Gasteiger partial charge in [0.25, 0.3) is 0 Å². The predicted molar refractivity (Wildman–Crippen MR) is 139 cm³/mol. The lowest BCUT2D eigenvalue weighted by molar-refractivity contribution is -0.129. The molecule has 216 valence electrons. The average molecular weight is 580 g/mol. The molecule has 2 amide bonds. The zero-order valence-electron chi connectivity index (χ0n) is 21.8. The summed E-state index contributed by atoms with van der Waals surface area (Å²) in [6, 6.07) is 3.76. The molecule has 1 aliphatic rings. The summed E-state index contributed by atoms with van der Waals surface area (Å²) in [5, 5.41) is 26.0. The Morgan fingerprint density at radius 3 is 2.52 bits per heavy atom. The Labute approximate surface area is 228 Å². The van der Waals surface area contributed by atoms with Crippen LogP contribution in [-0.4, -0.2) is 96.3 Å². The van der Waals surface area contributed by atoms with Crippen LogP contribution < -0.4 is 15.5 Å². The molecule has 4 rings (SSSR count). The number of phenolic OH excluding ortho intramolecular Hbond substituents is 1. The molecule has 16 nitrogen and oxygen atoms in total. The van der Waals surface area contributed by atoms with Gasteiger partial charge in [0.2, 0.25) is 11.8 Å². The number of anilines is 1. The second kappa shape index (κ2) is 11.8. The average Bonchev–Trinajstić information content (AvgIpc) is 3.43. The first-order valence-electron chi connectivity index (χ1n) is 12.1. The van der Waals surface area contributed by atoms with E-state index in [-0.39, 0.29) is 12.2 Å². The summed E-state index contributed by atoms with van der Waals surface area (Å²) >= 11 is 0. The number of aliphatic hydroxyl groups is 1. The van der Waals surface area contributed by atoms with Gasteiger partial charge >= 0.3 is 7.82 Å². The third-order valence-electron chi connectivity index (χ3n) is 6.20. The molecule has 0 radical (unpaired) electrons. The number of benzene rings is 1. The molecule has 0 bridgehead atoms. The number of phosphoric ester groups is 1. The van der Waals surface area contributed by atoms with Crippen LogP contribution in [0.25, 0.3) is 11.2 Å². The van der Waals surface area contributed by atoms with Crippen LogP contribution in [0.15, 0.2) is 36.9 Å². The summed E-state index contributed by atoms with van der Waals surface area (Å²) in [4.78, 5) is 58.2. The Balaban J connectivity index is 1.61. The molecular weight excluding hydrogens is 549 g/mol. The monoisotopic (exact) mass is 579 g/mol. The van der Waals surface area contributed by atoms with Crippen LogP contribution in [0.5, 0.6) is 5.75 Å². The minimum Gasteiger partial charge on any atom is -0.508 e. The van der Waals surface area contributed by atoms with Crippen molar-refractivity contribution in [2.45, 2.75) is 43.9 Å². The van der Waals surface area contributed by atoms with Crippen LogP contribution in [0.2, 0.25) is 0 Å². The van der Waals surface area contributed by atoms with E-state index in [1.54, 1.807) is 31.1 Å². The molecule has 40 heavy (non-hydrogen) atoms. The highest BCUT2D eigenvalue weighted by molar-refractivity contribution is 7.46. The molecule has 1 aliphatic heterocycles. The van der Waals surface area contributed by atoms with Crippen molar-refractivity contribution in [3.05, 3.63) is 42.5 Å². The lowest BCUT2D eigenvalue weighted by atomic mass is 10.0. The summed E-state index contributed by atoms with van der Waals surface area (Å²) in [6.45, 7) is 0.571. The Morgan fingerprint density at radius 1 is 1.20 bits per heavy atom. The zero-order valence-corrected chi connectivity index (χ0v) is 22.7. The molecule has 1 fully saturated rings. The molecule has 3 aromatic rings. The Kier molecular flexibility index (Phi) is 8.68. The lowest BCUT2D eigenvalue weighted by Crippen LogP contribution is -2.55. The normalized spacial score (nSPS) is 21.8. The number of fused-ring (bicyclic) bond motifs is 1. The molecule has 5 atom stereocenters. The van der Waals surface area contributed by atoms with Gasteiger partial charge in [0.1, 0.15) is 30.3 Å². The molecule has 3 heterocycles. The van der Waals surface area contributed by atoms with Gasteiger partial charge < -0.3 is 40.3 Å². The van der Waals surface area contributed by atoms with Crippen LogP contribution >= 0.6 is 7.82 Å². The molecule has 6 N–H and O–H groups in total. The number of carbonyl (C=O) groups is 2. The maximum Gasteiger partial charge on any atom is 0.469 e. The number of phenols is 1. The van der Waals surface area contributed by atoms with Crippen molar-refractivity contribution in [2.75, 3.05) is 25.6 Å². The van der Waals surface area contributed by atoms with Crippen LogP contribution in [0.1, 0.15) is 18.7 Å². The maximum atomic E-state index is 13.3. The van der Waals surface area contributed by atoms with Crippen molar-refractivity contribution >= 4 is 36.6 Å². The molecule has 5 unspecified atom stereocenters. The Bertz CT molecular complexity index is 1410. The van der Waals surface area contributed by atoms with Gasteiger partial charge in [-0.2, -0.15) is 0 Å². The van der Waals surface area contributed by atoms with Crippen LogP contribution in [0.4, 0.5) is 5.82 Å². The van der Waals surface area contributed by atoms with E-state index in [2.05, 4.69) is 30.1 Å². The summed E-state index contributed by atoms with van der Waals surface area (Å²) in [6.07, 6.45) is -1.10. The molecule has 0 saturated carbocycles. The third-order valence-corrected chi connectivity index (χ3v) is 6.68. The molecule has 0 spiro atoms. The number of nitrogens with one attached hydrogen (secondary N) is 2. The van der Waals surface area contributed by atoms with E-state index in [1.807, 2.05) is 0 Å². The number of ether oxygens (including phenoxy) is 1. The van der Waals surface area contributed by atoms with E-state index in [9.17, 15) is 34.2 Å². The first kappa shape index (κ1) is 29.3. The second-order valence-corrected chi connectivity index (χ2v) is 10.7. The summed E-state index contributed by atoms with van der Waals surface area (Å²) in [5.41, 5.74) is 1.36. The zero-order chi connectivity index (χ0) is 29.2. The van der Waals surface area contributed by atoms with Gasteiger partial charge in [-0.25, -0.2) is 19.5 Å². The van der Waals surface area contributed by atoms with Crippen molar-refractivity contribution in [3.8, 4) is 5.75 Å². The fourth-order valence-electron chi connectivity index (χ4n) is 4.40. The Hall–Kier alpha value is -3.66. The van der Waals surface area contributed by atoms with Gasteiger partial charge in [0.05, 0.1) is 19.0 Å². The molecular formula is C23H30N7O9P. The quantitative estimate of drug-likeness (QED) is 0.162. The smallest absolute Gasteiger partial charge is 0.469 e.